The Balaban J connectivity index is 1.48. The summed E-state index contributed by atoms with van der Waals surface area (Å²) in [7, 11) is 1.86. The van der Waals surface area contributed by atoms with Crippen LogP contribution in [0.4, 0.5) is 11.4 Å². The van der Waals surface area contributed by atoms with Gasteiger partial charge in [-0.15, -0.1) is 0 Å². The van der Waals surface area contributed by atoms with Gasteiger partial charge in [-0.3, -0.25) is 14.4 Å². The Bertz CT molecular complexity index is 1160. The van der Waals surface area contributed by atoms with Crippen molar-refractivity contribution in [3.8, 4) is 0 Å². The van der Waals surface area contributed by atoms with E-state index in [2.05, 4.69) is 10.3 Å². The SMILES string of the molecule is Cn1c(=NC(=O)CCC(=O)N2CC(=O)Nc3ccccc32)sc2ccccc21. The predicted molar refractivity (Wildman–Crippen MR) is 108 cm³/mol. The van der Waals surface area contributed by atoms with E-state index in [-0.39, 0.29) is 37.1 Å². The fraction of sp³-hybridized carbons (Fsp3) is 0.200. The first kappa shape index (κ1) is 18.1. The second-order valence-corrected chi connectivity index (χ2v) is 7.47. The molecule has 142 valence electrons. The third-order valence-corrected chi connectivity index (χ3v) is 5.67. The first-order chi connectivity index (χ1) is 13.5. The minimum atomic E-state index is -0.356. The summed E-state index contributed by atoms with van der Waals surface area (Å²) in [5.74, 6) is -0.878. The summed E-state index contributed by atoms with van der Waals surface area (Å²) in [4.78, 5) is 43.0. The molecule has 0 bridgehead atoms. The summed E-state index contributed by atoms with van der Waals surface area (Å²) in [6, 6.07) is 14.9. The van der Waals surface area contributed by atoms with Crippen LogP contribution in [0.5, 0.6) is 0 Å². The van der Waals surface area contributed by atoms with Gasteiger partial charge >= 0.3 is 0 Å². The summed E-state index contributed by atoms with van der Waals surface area (Å²) in [6.07, 6.45) is -0.00801. The maximum Gasteiger partial charge on any atom is 0.248 e. The highest BCUT2D eigenvalue weighted by atomic mass is 32.1. The Hall–Kier alpha value is -3.26. The molecule has 1 N–H and O–H groups in total. The molecule has 8 heteroatoms. The summed E-state index contributed by atoms with van der Waals surface area (Å²) in [5, 5.41) is 2.74. The number of hydrogen-bond acceptors (Lipinski definition) is 4. The van der Waals surface area contributed by atoms with Gasteiger partial charge in [-0.05, 0) is 24.3 Å². The molecule has 1 aromatic heterocycles. The van der Waals surface area contributed by atoms with Crippen molar-refractivity contribution in [2.24, 2.45) is 12.0 Å². The number of aromatic nitrogens is 1. The third-order valence-electron chi connectivity index (χ3n) is 4.56. The number of nitrogens with one attached hydrogen (secondary N) is 1. The molecule has 2 aromatic carbocycles. The number of fused-ring (bicyclic) bond motifs is 2. The van der Waals surface area contributed by atoms with Crippen molar-refractivity contribution in [3.63, 3.8) is 0 Å². The van der Waals surface area contributed by atoms with Crippen LogP contribution in [0.15, 0.2) is 53.5 Å². The van der Waals surface area contributed by atoms with Gasteiger partial charge < -0.3 is 14.8 Å². The van der Waals surface area contributed by atoms with Crippen LogP contribution < -0.4 is 15.0 Å². The van der Waals surface area contributed by atoms with Gasteiger partial charge in [0.25, 0.3) is 0 Å². The molecule has 0 fully saturated rings. The lowest BCUT2D eigenvalue weighted by molar-refractivity contribution is -0.124. The number of nitrogens with zero attached hydrogens (tertiary/aromatic N) is 3. The summed E-state index contributed by atoms with van der Waals surface area (Å²) in [5.41, 5.74) is 2.25. The molecule has 1 aliphatic heterocycles. The normalized spacial score (nSPS) is 14.1. The van der Waals surface area contributed by atoms with Crippen LogP contribution in [0.2, 0.25) is 0 Å². The molecular weight excluding hydrogens is 376 g/mol. The zero-order chi connectivity index (χ0) is 19.7. The summed E-state index contributed by atoms with van der Waals surface area (Å²) in [6.45, 7) is -0.0492. The Kier molecular flexibility index (Phi) is 4.79. The van der Waals surface area contributed by atoms with E-state index in [1.54, 1.807) is 24.3 Å². The standard InChI is InChI=1S/C20H18N4O3S/c1-23-15-8-4-5-9-16(15)28-20(23)22-17(25)10-11-19(27)24-12-18(26)21-13-6-2-3-7-14(13)24/h2-9H,10-12H2,1H3,(H,21,26). The molecule has 0 spiro atoms. The van der Waals surface area contributed by atoms with E-state index in [0.717, 1.165) is 10.2 Å². The van der Waals surface area contributed by atoms with Crippen LogP contribution in [-0.4, -0.2) is 28.8 Å². The lowest BCUT2D eigenvalue weighted by Gasteiger charge is -2.29. The molecule has 0 unspecified atom stereocenters. The van der Waals surface area contributed by atoms with Crippen molar-refractivity contribution in [2.75, 3.05) is 16.8 Å². The predicted octanol–water partition coefficient (Wildman–Crippen LogP) is 2.43. The van der Waals surface area contributed by atoms with E-state index in [9.17, 15) is 14.4 Å². The number of para-hydroxylation sites is 3. The highest BCUT2D eigenvalue weighted by Gasteiger charge is 2.26. The fourth-order valence-electron chi connectivity index (χ4n) is 3.16. The van der Waals surface area contributed by atoms with Crippen molar-refractivity contribution in [3.05, 3.63) is 53.3 Å². The van der Waals surface area contributed by atoms with Gasteiger partial charge in [0.05, 0.1) is 21.6 Å². The van der Waals surface area contributed by atoms with Crippen LogP contribution in [0.1, 0.15) is 12.8 Å². The number of carbonyl (C=O) groups is 3. The Morgan fingerprint density at radius 1 is 1.11 bits per heavy atom. The van der Waals surface area contributed by atoms with E-state index >= 15 is 0 Å². The smallest absolute Gasteiger partial charge is 0.248 e. The van der Waals surface area contributed by atoms with Crippen LogP contribution in [0.3, 0.4) is 0 Å². The van der Waals surface area contributed by atoms with Gasteiger partial charge in [-0.25, -0.2) is 0 Å². The zero-order valence-electron chi connectivity index (χ0n) is 15.2. The molecule has 3 amide bonds. The number of amides is 3. The highest BCUT2D eigenvalue weighted by Crippen LogP contribution is 2.29. The fourth-order valence-corrected chi connectivity index (χ4v) is 4.19. The largest absolute Gasteiger partial charge is 0.323 e. The Morgan fingerprint density at radius 2 is 1.86 bits per heavy atom. The van der Waals surface area contributed by atoms with Crippen molar-refractivity contribution in [1.82, 2.24) is 4.57 Å². The molecule has 2 heterocycles. The summed E-state index contributed by atoms with van der Waals surface area (Å²) < 4.78 is 2.91. The van der Waals surface area contributed by atoms with Crippen LogP contribution >= 0.6 is 11.3 Å². The molecule has 3 aromatic rings. The van der Waals surface area contributed by atoms with Crippen molar-refractivity contribution >= 4 is 50.6 Å². The summed E-state index contributed by atoms with van der Waals surface area (Å²) >= 11 is 1.43. The lowest BCUT2D eigenvalue weighted by atomic mass is 10.1. The second kappa shape index (κ2) is 7.40. The minimum absolute atomic E-state index is 0.00143. The third kappa shape index (κ3) is 3.46. The Labute approximate surface area is 164 Å². The van der Waals surface area contributed by atoms with E-state index in [4.69, 9.17) is 0 Å². The van der Waals surface area contributed by atoms with Gasteiger partial charge in [-0.2, -0.15) is 4.99 Å². The van der Waals surface area contributed by atoms with Crippen LogP contribution in [0.25, 0.3) is 10.2 Å². The first-order valence-electron chi connectivity index (χ1n) is 8.84. The van der Waals surface area contributed by atoms with E-state index < -0.39 is 0 Å². The second-order valence-electron chi connectivity index (χ2n) is 6.46. The van der Waals surface area contributed by atoms with Gasteiger partial charge in [0.2, 0.25) is 17.7 Å². The monoisotopic (exact) mass is 394 g/mol. The molecular formula is C20H18N4O3S. The average Bonchev–Trinajstić information content (AvgIpc) is 3.01. The number of rotatable bonds is 3. The number of benzene rings is 2. The zero-order valence-corrected chi connectivity index (χ0v) is 16.0. The highest BCUT2D eigenvalue weighted by molar-refractivity contribution is 7.16. The van der Waals surface area contributed by atoms with Gasteiger partial charge in [0.15, 0.2) is 4.80 Å². The molecule has 0 saturated heterocycles. The van der Waals surface area contributed by atoms with E-state index in [0.29, 0.717) is 16.2 Å². The number of hydrogen-bond donors (Lipinski definition) is 1. The average molecular weight is 394 g/mol. The van der Waals surface area contributed by atoms with Crippen molar-refractivity contribution < 1.29 is 14.4 Å². The van der Waals surface area contributed by atoms with E-state index in [1.165, 1.54) is 16.2 Å². The van der Waals surface area contributed by atoms with Crippen molar-refractivity contribution in [1.29, 1.82) is 0 Å². The maximum atomic E-state index is 12.6. The van der Waals surface area contributed by atoms with Crippen LogP contribution in [-0.2, 0) is 21.4 Å². The molecule has 0 radical (unpaired) electrons. The lowest BCUT2D eigenvalue weighted by Crippen LogP contribution is -2.42. The topological polar surface area (TPSA) is 83.8 Å². The number of carbonyl (C=O) groups excluding carboxylic acids is 3. The number of aryl methyl sites for hydroxylation is 1. The molecule has 1 aliphatic rings. The van der Waals surface area contributed by atoms with Gasteiger partial charge in [0, 0.05) is 19.9 Å². The quantitative estimate of drug-likeness (QED) is 0.741. The Morgan fingerprint density at radius 3 is 2.68 bits per heavy atom. The molecule has 0 aliphatic carbocycles. The number of thiazole rings is 1. The van der Waals surface area contributed by atoms with Crippen molar-refractivity contribution in [2.45, 2.75) is 12.8 Å². The minimum Gasteiger partial charge on any atom is -0.323 e. The molecule has 0 saturated carbocycles. The van der Waals surface area contributed by atoms with Crippen LogP contribution in [0, 0.1) is 0 Å². The molecule has 7 nitrogen and oxygen atoms in total. The molecule has 28 heavy (non-hydrogen) atoms. The number of anilines is 2. The van der Waals surface area contributed by atoms with Gasteiger partial charge in [0.1, 0.15) is 6.54 Å². The first-order valence-corrected chi connectivity index (χ1v) is 9.66. The van der Waals surface area contributed by atoms with E-state index in [1.807, 2.05) is 35.9 Å². The van der Waals surface area contributed by atoms with Gasteiger partial charge in [-0.1, -0.05) is 35.6 Å². The maximum absolute atomic E-state index is 12.6. The molecule has 4 rings (SSSR count). The molecule has 0 atom stereocenters.